The monoisotopic (exact) mass is 193 g/mol. The number of nitrogens with one attached hydrogen (secondary N) is 1. The molecule has 7 heteroatoms. The van der Waals surface area contributed by atoms with Gasteiger partial charge in [0, 0.05) is 13.1 Å². The Bertz CT molecular complexity index is 260. The van der Waals surface area contributed by atoms with Crippen molar-refractivity contribution in [3.05, 3.63) is 0 Å². The number of carbonyl (C=O) groups excluding carboxylic acids is 1. The second-order valence-electron chi connectivity index (χ2n) is 2.61. The fourth-order valence-electron chi connectivity index (χ4n) is 0.980. The first kappa shape index (κ1) is 9.27. The van der Waals surface area contributed by atoms with Gasteiger partial charge in [0.2, 0.25) is 0 Å². The highest BCUT2D eigenvalue weighted by molar-refractivity contribution is 7.91. The van der Waals surface area contributed by atoms with Crippen LogP contribution in [0.15, 0.2) is 0 Å². The zero-order chi connectivity index (χ0) is 9.19. The molecular formula is C5H11N3O3S. The number of urea groups is 1. The molecule has 1 rings (SSSR count). The number of amides is 2. The SMILES string of the molecule is NC(=O)NN1CCS(=O)(=O)CC1. The van der Waals surface area contributed by atoms with E-state index in [9.17, 15) is 13.2 Å². The minimum absolute atomic E-state index is 0.0767. The average molecular weight is 193 g/mol. The van der Waals surface area contributed by atoms with Crippen LogP contribution in [0.4, 0.5) is 4.79 Å². The largest absolute Gasteiger partial charge is 0.351 e. The first-order valence-electron chi connectivity index (χ1n) is 3.51. The summed E-state index contributed by atoms with van der Waals surface area (Å²) in [6.07, 6.45) is 0. The van der Waals surface area contributed by atoms with Crippen LogP contribution in [0.3, 0.4) is 0 Å². The third-order valence-electron chi connectivity index (χ3n) is 1.61. The highest BCUT2D eigenvalue weighted by atomic mass is 32.2. The highest BCUT2D eigenvalue weighted by Gasteiger charge is 2.21. The number of nitrogens with two attached hydrogens (primary N) is 1. The Morgan fingerprint density at radius 2 is 1.83 bits per heavy atom. The number of hydrogen-bond donors (Lipinski definition) is 2. The van der Waals surface area contributed by atoms with E-state index >= 15 is 0 Å². The molecule has 0 bridgehead atoms. The summed E-state index contributed by atoms with van der Waals surface area (Å²) in [4.78, 5) is 10.3. The Labute approximate surface area is 70.6 Å². The number of rotatable bonds is 1. The second-order valence-corrected chi connectivity index (χ2v) is 4.92. The summed E-state index contributed by atoms with van der Waals surface area (Å²) in [5, 5.41) is 1.50. The minimum Gasteiger partial charge on any atom is -0.351 e. The summed E-state index contributed by atoms with van der Waals surface area (Å²) in [6, 6.07) is -0.658. The Morgan fingerprint density at radius 3 is 2.25 bits per heavy atom. The molecule has 3 N–H and O–H groups in total. The van der Waals surface area contributed by atoms with Crippen LogP contribution in [0.1, 0.15) is 0 Å². The van der Waals surface area contributed by atoms with Gasteiger partial charge < -0.3 is 5.73 Å². The molecule has 0 spiro atoms. The molecule has 0 radical (unpaired) electrons. The smallest absolute Gasteiger partial charge is 0.326 e. The van der Waals surface area contributed by atoms with Crippen molar-refractivity contribution in [1.29, 1.82) is 0 Å². The van der Waals surface area contributed by atoms with E-state index in [0.717, 1.165) is 0 Å². The van der Waals surface area contributed by atoms with E-state index in [4.69, 9.17) is 5.73 Å². The van der Waals surface area contributed by atoms with E-state index in [0.29, 0.717) is 13.1 Å². The first-order chi connectivity index (χ1) is 5.49. The van der Waals surface area contributed by atoms with Gasteiger partial charge in [0.1, 0.15) is 0 Å². The van der Waals surface area contributed by atoms with Gasteiger partial charge in [-0.2, -0.15) is 0 Å². The van der Waals surface area contributed by atoms with Gasteiger partial charge in [-0.3, -0.25) is 5.43 Å². The van der Waals surface area contributed by atoms with Crippen molar-refractivity contribution >= 4 is 15.9 Å². The number of sulfone groups is 1. The van der Waals surface area contributed by atoms with E-state index in [1.807, 2.05) is 0 Å². The maximum atomic E-state index is 10.9. The van der Waals surface area contributed by atoms with Crippen molar-refractivity contribution in [3.63, 3.8) is 0 Å². The van der Waals surface area contributed by atoms with E-state index < -0.39 is 15.9 Å². The third-order valence-corrected chi connectivity index (χ3v) is 3.22. The summed E-state index contributed by atoms with van der Waals surface area (Å²) in [5.41, 5.74) is 7.18. The first-order valence-corrected chi connectivity index (χ1v) is 5.33. The van der Waals surface area contributed by atoms with E-state index in [-0.39, 0.29) is 11.5 Å². The van der Waals surface area contributed by atoms with Crippen LogP contribution in [0.25, 0.3) is 0 Å². The van der Waals surface area contributed by atoms with Crippen LogP contribution in [0, 0.1) is 0 Å². The maximum absolute atomic E-state index is 10.9. The van der Waals surface area contributed by atoms with Gasteiger partial charge in [0.15, 0.2) is 9.84 Å². The Kier molecular flexibility index (Phi) is 2.53. The predicted octanol–water partition coefficient (Wildman–Crippen LogP) is -1.70. The quantitative estimate of drug-likeness (QED) is 0.519. The lowest BCUT2D eigenvalue weighted by atomic mass is 10.6. The van der Waals surface area contributed by atoms with Gasteiger partial charge in [-0.15, -0.1) is 0 Å². The predicted molar refractivity (Wildman–Crippen MR) is 42.9 cm³/mol. The Balaban J connectivity index is 2.41. The minimum atomic E-state index is -2.89. The molecule has 6 nitrogen and oxygen atoms in total. The highest BCUT2D eigenvalue weighted by Crippen LogP contribution is 1.99. The Hall–Kier alpha value is -0.820. The van der Waals surface area contributed by atoms with Crippen molar-refractivity contribution < 1.29 is 13.2 Å². The molecule has 0 aliphatic carbocycles. The molecule has 0 aromatic heterocycles. The number of primary amides is 1. The molecule has 1 aliphatic rings. The lowest BCUT2D eigenvalue weighted by Gasteiger charge is -2.25. The Morgan fingerprint density at radius 1 is 1.33 bits per heavy atom. The molecule has 0 aromatic rings. The summed E-state index contributed by atoms with van der Waals surface area (Å²) in [5.74, 6) is 0.153. The zero-order valence-electron chi connectivity index (χ0n) is 6.49. The van der Waals surface area contributed by atoms with Crippen LogP contribution in [-0.4, -0.2) is 44.1 Å². The van der Waals surface area contributed by atoms with E-state index in [1.54, 1.807) is 0 Å². The number of carbonyl (C=O) groups is 1. The molecule has 12 heavy (non-hydrogen) atoms. The summed E-state index contributed by atoms with van der Waals surface area (Å²) < 4.78 is 21.8. The topological polar surface area (TPSA) is 92.5 Å². The molecular weight excluding hydrogens is 182 g/mol. The van der Waals surface area contributed by atoms with Gasteiger partial charge in [-0.05, 0) is 0 Å². The van der Waals surface area contributed by atoms with Crippen LogP contribution >= 0.6 is 0 Å². The lowest BCUT2D eigenvalue weighted by molar-refractivity contribution is 0.191. The van der Waals surface area contributed by atoms with Crippen molar-refractivity contribution in [2.75, 3.05) is 24.6 Å². The molecule has 0 saturated carbocycles. The fourth-order valence-corrected chi connectivity index (χ4v) is 2.18. The number of hydrazine groups is 1. The zero-order valence-corrected chi connectivity index (χ0v) is 7.30. The second kappa shape index (κ2) is 3.28. The van der Waals surface area contributed by atoms with Crippen LogP contribution < -0.4 is 11.2 Å². The average Bonchev–Trinajstić information content (AvgIpc) is 1.93. The normalized spacial score (nSPS) is 23.3. The molecule has 70 valence electrons. The summed E-state index contributed by atoms with van der Waals surface area (Å²) >= 11 is 0. The third kappa shape index (κ3) is 2.67. The summed E-state index contributed by atoms with van der Waals surface area (Å²) in [7, 11) is -2.89. The van der Waals surface area contributed by atoms with Gasteiger partial charge in [0.05, 0.1) is 11.5 Å². The molecule has 0 unspecified atom stereocenters. The van der Waals surface area contributed by atoms with Crippen LogP contribution in [-0.2, 0) is 9.84 Å². The number of hydrogen-bond acceptors (Lipinski definition) is 4. The van der Waals surface area contributed by atoms with Crippen LogP contribution in [0.2, 0.25) is 0 Å². The van der Waals surface area contributed by atoms with E-state index in [1.165, 1.54) is 5.01 Å². The van der Waals surface area contributed by atoms with Crippen molar-refractivity contribution in [2.24, 2.45) is 5.73 Å². The molecule has 2 amide bonds. The molecule has 1 heterocycles. The van der Waals surface area contributed by atoms with Gasteiger partial charge >= 0.3 is 6.03 Å². The van der Waals surface area contributed by atoms with E-state index in [2.05, 4.69) is 5.43 Å². The maximum Gasteiger partial charge on any atom is 0.326 e. The lowest BCUT2D eigenvalue weighted by Crippen LogP contribution is -2.51. The molecule has 1 aliphatic heterocycles. The van der Waals surface area contributed by atoms with Gasteiger partial charge in [0.25, 0.3) is 0 Å². The fraction of sp³-hybridized carbons (Fsp3) is 0.800. The molecule has 0 aromatic carbocycles. The van der Waals surface area contributed by atoms with Crippen molar-refractivity contribution in [2.45, 2.75) is 0 Å². The molecule has 1 saturated heterocycles. The van der Waals surface area contributed by atoms with Gasteiger partial charge in [-0.25, -0.2) is 18.2 Å². The van der Waals surface area contributed by atoms with Crippen LogP contribution in [0.5, 0.6) is 0 Å². The molecule has 1 fully saturated rings. The standard InChI is InChI=1S/C5H11N3O3S/c6-5(9)7-8-1-3-12(10,11)4-2-8/h1-4H2,(H3,6,7,9). The van der Waals surface area contributed by atoms with Crippen molar-refractivity contribution in [1.82, 2.24) is 10.4 Å². The number of nitrogens with zero attached hydrogens (tertiary/aromatic N) is 1. The van der Waals surface area contributed by atoms with Gasteiger partial charge in [-0.1, -0.05) is 0 Å². The van der Waals surface area contributed by atoms with Crippen molar-refractivity contribution in [3.8, 4) is 0 Å². The summed E-state index contributed by atoms with van der Waals surface area (Å²) in [6.45, 7) is 0.622. The molecule has 0 atom stereocenters.